The van der Waals surface area contributed by atoms with Crippen LogP contribution in [0.5, 0.6) is 0 Å². The molecule has 2 rings (SSSR count). The van der Waals surface area contributed by atoms with Gasteiger partial charge in [-0.2, -0.15) is 0 Å². The van der Waals surface area contributed by atoms with Gasteiger partial charge >= 0.3 is 0 Å². The van der Waals surface area contributed by atoms with Gasteiger partial charge in [-0.15, -0.1) is 0 Å². The third-order valence-corrected chi connectivity index (χ3v) is 4.02. The van der Waals surface area contributed by atoms with E-state index < -0.39 is 0 Å². The van der Waals surface area contributed by atoms with Gasteiger partial charge in [0.2, 0.25) is 0 Å². The topological polar surface area (TPSA) is 43.1 Å². The van der Waals surface area contributed by atoms with Crippen molar-refractivity contribution in [3.63, 3.8) is 0 Å². The molecule has 2 aliphatic carbocycles. The van der Waals surface area contributed by atoms with Crippen molar-refractivity contribution in [3.05, 3.63) is 11.6 Å². The second-order valence-electron chi connectivity index (χ2n) is 5.00. The number of Topliss-reactive ketones (excluding diaryl/α,β-unsaturated/α-hetero) is 1. The van der Waals surface area contributed by atoms with Gasteiger partial charge in [0.15, 0.2) is 5.78 Å². The molecule has 15 heavy (non-hydrogen) atoms. The predicted octanol–water partition coefficient (Wildman–Crippen LogP) is 2.58. The van der Waals surface area contributed by atoms with Crippen LogP contribution in [0.1, 0.15) is 51.4 Å². The quantitative estimate of drug-likeness (QED) is 0.773. The molecule has 0 bridgehead atoms. The molecule has 1 saturated carbocycles. The van der Waals surface area contributed by atoms with Crippen LogP contribution in [0.2, 0.25) is 0 Å². The van der Waals surface area contributed by atoms with E-state index in [4.69, 9.17) is 5.73 Å². The van der Waals surface area contributed by atoms with Gasteiger partial charge in [-0.25, -0.2) is 0 Å². The summed E-state index contributed by atoms with van der Waals surface area (Å²) in [6.45, 7) is 0.545. The van der Waals surface area contributed by atoms with E-state index in [0.29, 0.717) is 12.3 Å². The third-order valence-electron chi connectivity index (χ3n) is 4.02. The lowest BCUT2D eigenvalue weighted by molar-refractivity contribution is -0.124. The minimum atomic E-state index is -0.177. The van der Waals surface area contributed by atoms with Crippen molar-refractivity contribution in [3.8, 4) is 0 Å². The van der Waals surface area contributed by atoms with Crippen LogP contribution < -0.4 is 5.73 Å². The summed E-state index contributed by atoms with van der Waals surface area (Å²) >= 11 is 0. The van der Waals surface area contributed by atoms with E-state index >= 15 is 0 Å². The Bertz CT molecular complexity index is 274. The average Bonchev–Trinajstić information content (AvgIpc) is 2.79. The molecule has 2 N–H and O–H groups in total. The van der Waals surface area contributed by atoms with Crippen molar-refractivity contribution in [2.75, 3.05) is 6.54 Å². The summed E-state index contributed by atoms with van der Waals surface area (Å²) in [6.07, 6.45) is 11.0. The van der Waals surface area contributed by atoms with Crippen LogP contribution in [-0.4, -0.2) is 12.3 Å². The van der Waals surface area contributed by atoms with Gasteiger partial charge in [0.1, 0.15) is 0 Å². The Hall–Kier alpha value is -0.630. The third kappa shape index (κ3) is 2.00. The van der Waals surface area contributed by atoms with Gasteiger partial charge in [0, 0.05) is 12.0 Å². The van der Waals surface area contributed by atoms with E-state index in [1.165, 1.54) is 25.7 Å². The van der Waals surface area contributed by atoms with Crippen molar-refractivity contribution >= 4 is 5.78 Å². The van der Waals surface area contributed by atoms with Gasteiger partial charge in [-0.1, -0.05) is 18.9 Å². The number of carbonyl (C=O) groups is 1. The second kappa shape index (κ2) is 4.48. The van der Waals surface area contributed by atoms with Crippen molar-refractivity contribution in [2.24, 2.45) is 11.1 Å². The van der Waals surface area contributed by atoms with Gasteiger partial charge in [-0.3, -0.25) is 4.79 Å². The normalized spacial score (nSPS) is 25.0. The van der Waals surface area contributed by atoms with Gasteiger partial charge in [0.25, 0.3) is 0 Å². The van der Waals surface area contributed by atoms with Crippen molar-refractivity contribution in [1.82, 2.24) is 0 Å². The molecule has 0 aromatic heterocycles. The molecule has 2 nitrogen and oxygen atoms in total. The highest BCUT2D eigenvalue weighted by Crippen LogP contribution is 2.41. The van der Waals surface area contributed by atoms with Crippen LogP contribution in [0.15, 0.2) is 11.6 Å². The fourth-order valence-corrected chi connectivity index (χ4v) is 2.96. The van der Waals surface area contributed by atoms with Crippen LogP contribution in [0, 0.1) is 5.41 Å². The summed E-state index contributed by atoms with van der Waals surface area (Å²) in [7, 11) is 0. The lowest BCUT2D eigenvalue weighted by Crippen LogP contribution is -2.37. The molecule has 0 heterocycles. The number of hydrogen-bond donors (Lipinski definition) is 1. The number of nitrogens with two attached hydrogens (primary N) is 1. The molecule has 0 radical (unpaired) electrons. The first-order valence-electron chi connectivity index (χ1n) is 6.22. The fourth-order valence-electron chi connectivity index (χ4n) is 2.96. The summed E-state index contributed by atoms with van der Waals surface area (Å²) in [5, 5.41) is 0. The van der Waals surface area contributed by atoms with E-state index in [1.807, 2.05) is 0 Å². The molecule has 0 aliphatic heterocycles. The Labute approximate surface area is 91.9 Å². The molecule has 84 valence electrons. The first kappa shape index (κ1) is 10.9. The maximum absolute atomic E-state index is 12.4. The SMILES string of the molecule is NCC1(C(=O)C2=CCCCC2)CCCC1. The maximum atomic E-state index is 12.4. The summed E-state index contributed by atoms with van der Waals surface area (Å²) in [5.74, 6) is 0.377. The molecule has 0 unspecified atom stereocenters. The molecule has 0 saturated heterocycles. The Morgan fingerprint density at radius 2 is 2.00 bits per heavy atom. The number of allylic oxidation sites excluding steroid dienone is 2. The summed E-state index contributed by atoms with van der Waals surface area (Å²) in [4.78, 5) is 12.4. The van der Waals surface area contributed by atoms with Crippen molar-refractivity contribution in [2.45, 2.75) is 51.4 Å². The highest BCUT2D eigenvalue weighted by atomic mass is 16.1. The maximum Gasteiger partial charge on any atom is 0.165 e. The summed E-state index contributed by atoms with van der Waals surface area (Å²) in [6, 6.07) is 0. The predicted molar refractivity (Wildman–Crippen MR) is 61.5 cm³/mol. The molecule has 1 fully saturated rings. The molecule has 0 amide bonds. The van der Waals surface area contributed by atoms with E-state index in [-0.39, 0.29) is 5.41 Å². The first-order valence-corrected chi connectivity index (χ1v) is 6.22. The van der Waals surface area contributed by atoms with E-state index in [9.17, 15) is 4.79 Å². The van der Waals surface area contributed by atoms with Crippen molar-refractivity contribution in [1.29, 1.82) is 0 Å². The van der Waals surface area contributed by atoms with Crippen LogP contribution >= 0.6 is 0 Å². The second-order valence-corrected chi connectivity index (χ2v) is 5.00. The molecule has 2 aliphatic rings. The Balaban J connectivity index is 2.14. The molecular weight excluding hydrogens is 186 g/mol. The highest BCUT2D eigenvalue weighted by Gasteiger charge is 2.40. The monoisotopic (exact) mass is 207 g/mol. The van der Waals surface area contributed by atoms with Crippen LogP contribution in [0.25, 0.3) is 0 Å². The van der Waals surface area contributed by atoms with E-state index in [0.717, 1.165) is 31.3 Å². The largest absolute Gasteiger partial charge is 0.329 e. The zero-order valence-corrected chi connectivity index (χ0v) is 9.43. The molecule has 0 aromatic carbocycles. The zero-order valence-electron chi connectivity index (χ0n) is 9.43. The van der Waals surface area contributed by atoms with Gasteiger partial charge < -0.3 is 5.73 Å². The highest BCUT2D eigenvalue weighted by molar-refractivity contribution is 6.00. The lowest BCUT2D eigenvalue weighted by atomic mass is 9.76. The molecular formula is C13H21NO. The Kier molecular flexibility index (Phi) is 3.25. The standard InChI is InChI=1S/C13H21NO/c14-10-13(8-4-5-9-13)12(15)11-6-2-1-3-7-11/h6H,1-5,7-10,14H2. The number of rotatable bonds is 3. The van der Waals surface area contributed by atoms with Crippen LogP contribution in [-0.2, 0) is 4.79 Å². The van der Waals surface area contributed by atoms with Crippen LogP contribution in [0.4, 0.5) is 0 Å². The lowest BCUT2D eigenvalue weighted by Gasteiger charge is -2.27. The smallest absolute Gasteiger partial charge is 0.165 e. The Morgan fingerprint density at radius 1 is 1.27 bits per heavy atom. The van der Waals surface area contributed by atoms with E-state index in [1.54, 1.807) is 0 Å². The fraction of sp³-hybridized carbons (Fsp3) is 0.769. The minimum absolute atomic E-state index is 0.177. The van der Waals surface area contributed by atoms with Gasteiger partial charge in [-0.05, 0) is 44.1 Å². The first-order chi connectivity index (χ1) is 7.28. The minimum Gasteiger partial charge on any atom is -0.329 e. The van der Waals surface area contributed by atoms with Crippen molar-refractivity contribution < 1.29 is 4.79 Å². The molecule has 2 heteroatoms. The number of ketones is 1. The number of carbonyl (C=O) groups excluding carboxylic acids is 1. The van der Waals surface area contributed by atoms with Gasteiger partial charge in [0.05, 0.1) is 0 Å². The zero-order chi connectivity index (χ0) is 10.7. The average molecular weight is 207 g/mol. The molecule has 0 atom stereocenters. The molecule has 0 spiro atoms. The number of hydrogen-bond acceptors (Lipinski definition) is 2. The van der Waals surface area contributed by atoms with Crippen LogP contribution in [0.3, 0.4) is 0 Å². The summed E-state index contributed by atoms with van der Waals surface area (Å²) < 4.78 is 0. The van der Waals surface area contributed by atoms with E-state index in [2.05, 4.69) is 6.08 Å². The molecule has 0 aromatic rings. The Morgan fingerprint density at radius 3 is 2.53 bits per heavy atom. The summed E-state index contributed by atoms with van der Waals surface area (Å²) in [5.41, 5.74) is 6.73.